The van der Waals surface area contributed by atoms with Crippen molar-refractivity contribution in [2.24, 2.45) is 5.41 Å². The molecule has 0 saturated carbocycles. The van der Waals surface area contributed by atoms with Crippen molar-refractivity contribution in [2.45, 2.75) is 53.5 Å². The van der Waals surface area contributed by atoms with Gasteiger partial charge in [-0.15, -0.1) is 0 Å². The Labute approximate surface area is 126 Å². The molecule has 1 aromatic heterocycles. The van der Waals surface area contributed by atoms with Crippen LogP contribution in [-0.4, -0.2) is 35.5 Å². The van der Waals surface area contributed by atoms with Crippen LogP contribution in [0, 0.1) is 19.3 Å². The highest BCUT2D eigenvalue weighted by atomic mass is 16.5. The Kier molecular flexibility index (Phi) is 6.20. The van der Waals surface area contributed by atoms with Crippen molar-refractivity contribution in [1.82, 2.24) is 15.8 Å². The number of nitrogens with zero attached hydrogens (tertiary/aromatic N) is 1. The van der Waals surface area contributed by atoms with Crippen molar-refractivity contribution in [2.75, 3.05) is 13.2 Å². The van der Waals surface area contributed by atoms with Crippen LogP contribution < -0.4 is 10.6 Å². The Morgan fingerprint density at radius 1 is 1.43 bits per heavy atom. The minimum atomic E-state index is -0.194. The summed E-state index contributed by atoms with van der Waals surface area (Å²) in [5.74, 6) is 0.797. The quantitative estimate of drug-likeness (QED) is 0.717. The minimum absolute atomic E-state index is 0.0113. The molecule has 0 aliphatic rings. The van der Waals surface area contributed by atoms with E-state index in [2.05, 4.69) is 15.8 Å². The Hall–Kier alpha value is -1.56. The summed E-state index contributed by atoms with van der Waals surface area (Å²) >= 11 is 0. The molecule has 6 heteroatoms. The highest BCUT2D eigenvalue weighted by Crippen LogP contribution is 2.18. The van der Waals surface area contributed by atoms with Crippen LogP contribution in [0.2, 0.25) is 0 Å². The largest absolute Gasteiger partial charge is 0.396 e. The molecule has 0 aliphatic heterocycles. The zero-order valence-corrected chi connectivity index (χ0v) is 13.6. The van der Waals surface area contributed by atoms with Crippen LogP contribution in [0.1, 0.15) is 44.2 Å². The molecule has 0 aliphatic carbocycles. The Balaban J connectivity index is 2.41. The average molecular weight is 297 g/mol. The molecule has 120 valence electrons. The minimum Gasteiger partial charge on any atom is -0.396 e. The number of urea groups is 1. The smallest absolute Gasteiger partial charge is 0.315 e. The Bertz CT molecular complexity index is 449. The summed E-state index contributed by atoms with van der Waals surface area (Å²) in [4.78, 5) is 11.9. The third kappa shape index (κ3) is 5.75. The number of carbonyl (C=O) groups excluding carboxylic acids is 1. The van der Waals surface area contributed by atoms with Crippen LogP contribution in [0.15, 0.2) is 4.52 Å². The van der Waals surface area contributed by atoms with Crippen molar-refractivity contribution >= 4 is 6.03 Å². The summed E-state index contributed by atoms with van der Waals surface area (Å²) in [6.45, 7) is 10.4. The Morgan fingerprint density at radius 3 is 2.62 bits per heavy atom. The predicted molar refractivity (Wildman–Crippen MR) is 81.2 cm³/mol. The number of aryl methyl sites for hydroxylation is 2. The molecule has 0 aromatic carbocycles. The summed E-state index contributed by atoms with van der Waals surface area (Å²) in [5, 5.41) is 18.6. The van der Waals surface area contributed by atoms with Gasteiger partial charge in [-0.1, -0.05) is 19.0 Å². The number of rotatable bonds is 7. The van der Waals surface area contributed by atoms with E-state index < -0.39 is 0 Å². The van der Waals surface area contributed by atoms with E-state index in [0.29, 0.717) is 19.4 Å². The Morgan fingerprint density at radius 2 is 2.10 bits per heavy atom. The van der Waals surface area contributed by atoms with Crippen molar-refractivity contribution in [3.63, 3.8) is 0 Å². The van der Waals surface area contributed by atoms with Gasteiger partial charge in [0.25, 0.3) is 0 Å². The van der Waals surface area contributed by atoms with Gasteiger partial charge in [0.1, 0.15) is 5.76 Å². The van der Waals surface area contributed by atoms with E-state index in [1.165, 1.54) is 0 Å². The first-order chi connectivity index (χ1) is 9.75. The average Bonchev–Trinajstić information content (AvgIpc) is 2.68. The summed E-state index contributed by atoms with van der Waals surface area (Å²) in [6, 6.07) is -0.206. The molecular formula is C15H27N3O3. The van der Waals surface area contributed by atoms with Gasteiger partial charge in [0.05, 0.1) is 5.69 Å². The number of carbonyl (C=O) groups is 1. The molecule has 0 fully saturated rings. The second kappa shape index (κ2) is 7.45. The summed E-state index contributed by atoms with van der Waals surface area (Å²) in [5.41, 5.74) is 1.80. The first kappa shape index (κ1) is 17.5. The van der Waals surface area contributed by atoms with Gasteiger partial charge in [-0.25, -0.2) is 4.79 Å². The van der Waals surface area contributed by atoms with Crippen LogP contribution in [0.25, 0.3) is 0 Å². The van der Waals surface area contributed by atoms with E-state index >= 15 is 0 Å². The second-order valence-corrected chi connectivity index (χ2v) is 6.37. The third-order valence-corrected chi connectivity index (χ3v) is 3.59. The molecule has 2 amide bonds. The van der Waals surface area contributed by atoms with Gasteiger partial charge in [0.2, 0.25) is 0 Å². The first-order valence-electron chi connectivity index (χ1n) is 7.32. The lowest BCUT2D eigenvalue weighted by atomic mass is 9.90. The van der Waals surface area contributed by atoms with Gasteiger partial charge in [0.15, 0.2) is 0 Å². The zero-order chi connectivity index (χ0) is 16.0. The number of aromatic nitrogens is 1. The van der Waals surface area contributed by atoms with Crippen molar-refractivity contribution in [1.29, 1.82) is 0 Å². The summed E-state index contributed by atoms with van der Waals surface area (Å²) in [6.07, 6.45) is 1.34. The molecule has 0 spiro atoms. The number of hydrogen-bond acceptors (Lipinski definition) is 4. The summed E-state index contributed by atoms with van der Waals surface area (Å²) in [7, 11) is 0. The maximum absolute atomic E-state index is 11.9. The third-order valence-electron chi connectivity index (χ3n) is 3.59. The van der Waals surface area contributed by atoms with Crippen LogP contribution >= 0.6 is 0 Å². The van der Waals surface area contributed by atoms with Gasteiger partial charge < -0.3 is 20.3 Å². The number of aliphatic hydroxyl groups is 1. The topological polar surface area (TPSA) is 87.4 Å². The highest BCUT2D eigenvalue weighted by molar-refractivity contribution is 5.74. The van der Waals surface area contributed by atoms with E-state index in [0.717, 1.165) is 17.0 Å². The molecule has 0 bridgehead atoms. The van der Waals surface area contributed by atoms with Crippen molar-refractivity contribution in [3.8, 4) is 0 Å². The molecule has 1 heterocycles. The number of aliphatic hydroxyl groups excluding tert-OH is 1. The van der Waals surface area contributed by atoms with Gasteiger partial charge in [-0.2, -0.15) is 0 Å². The standard InChI is InChI=1S/C15H27N3O3/c1-10(8-13-11(2)18-21-12(13)3)17-14(20)16-9-15(4,5)6-7-19/h10,19H,6-9H2,1-5H3,(H2,16,17,20). The van der Waals surface area contributed by atoms with E-state index in [1.54, 1.807) is 0 Å². The monoisotopic (exact) mass is 297 g/mol. The number of hydrogen-bond donors (Lipinski definition) is 3. The van der Waals surface area contributed by atoms with Crippen LogP contribution in [0.4, 0.5) is 4.79 Å². The maximum atomic E-state index is 11.9. The van der Waals surface area contributed by atoms with Crippen molar-refractivity contribution < 1.29 is 14.4 Å². The highest BCUT2D eigenvalue weighted by Gasteiger charge is 2.19. The molecule has 1 aromatic rings. The predicted octanol–water partition coefficient (Wildman–Crippen LogP) is 1.93. The molecule has 6 nitrogen and oxygen atoms in total. The van der Waals surface area contributed by atoms with Crippen LogP contribution in [-0.2, 0) is 6.42 Å². The molecule has 1 rings (SSSR count). The van der Waals surface area contributed by atoms with Gasteiger partial charge in [-0.3, -0.25) is 0 Å². The maximum Gasteiger partial charge on any atom is 0.315 e. The number of amides is 2. The normalized spacial score (nSPS) is 13.0. The molecule has 0 radical (unpaired) electrons. The molecule has 0 saturated heterocycles. The summed E-state index contributed by atoms with van der Waals surface area (Å²) < 4.78 is 5.12. The second-order valence-electron chi connectivity index (χ2n) is 6.37. The van der Waals surface area contributed by atoms with E-state index in [1.807, 2.05) is 34.6 Å². The fourth-order valence-corrected chi connectivity index (χ4v) is 2.14. The molecule has 3 N–H and O–H groups in total. The van der Waals surface area contributed by atoms with Gasteiger partial charge in [0, 0.05) is 24.8 Å². The SMILES string of the molecule is Cc1noc(C)c1CC(C)NC(=O)NCC(C)(C)CCO. The van der Waals surface area contributed by atoms with E-state index in [4.69, 9.17) is 9.63 Å². The fraction of sp³-hybridized carbons (Fsp3) is 0.733. The van der Waals surface area contributed by atoms with E-state index in [9.17, 15) is 4.79 Å². The fourth-order valence-electron chi connectivity index (χ4n) is 2.14. The van der Waals surface area contributed by atoms with Crippen molar-refractivity contribution in [3.05, 3.63) is 17.0 Å². The number of nitrogens with one attached hydrogen (secondary N) is 2. The van der Waals surface area contributed by atoms with Gasteiger partial charge in [-0.05, 0) is 39.0 Å². The lowest BCUT2D eigenvalue weighted by molar-refractivity contribution is 0.200. The van der Waals surface area contributed by atoms with Crippen LogP contribution in [0.3, 0.4) is 0 Å². The molecule has 21 heavy (non-hydrogen) atoms. The molecule has 1 unspecified atom stereocenters. The lowest BCUT2D eigenvalue weighted by Crippen LogP contribution is -2.45. The van der Waals surface area contributed by atoms with Gasteiger partial charge >= 0.3 is 6.03 Å². The molecule has 1 atom stereocenters. The lowest BCUT2D eigenvalue weighted by Gasteiger charge is -2.24. The van der Waals surface area contributed by atoms with Crippen LogP contribution in [0.5, 0.6) is 0 Å². The first-order valence-corrected chi connectivity index (χ1v) is 7.32. The van der Waals surface area contributed by atoms with E-state index in [-0.39, 0.29) is 24.1 Å². The zero-order valence-electron chi connectivity index (χ0n) is 13.6. The molecular weight excluding hydrogens is 270 g/mol.